The standard InChI is InChI=1S/C18H25N5O2S/c1-24-16-9-13-7-8-21(11-14(13)10-17(16)25-2)12-22-18(26)23(20-19-22)15-5-3-4-6-15/h9-10,15H,3-8,11-12H2,1-2H3. The lowest BCUT2D eigenvalue weighted by Gasteiger charge is -2.29. The maximum absolute atomic E-state index is 5.62. The van der Waals surface area contributed by atoms with E-state index in [0.29, 0.717) is 12.7 Å². The number of rotatable bonds is 5. The first-order chi connectivity index (χ1) is 12.7. The number of methoxy groups -OCH3 is 2. The van der Waals surface area contributed by atoms with Crippen molar-refractivity contribution in [2.75, 3.05) is 20.8 Å². The summed E-state index contributed by atoms with van der Waals surface area (Å²) in [7, 11) is 3.35. The second-order valence-corrected chi connectivity index (χ2v) is 7.43. The highest BCUT2D eigenvalue weighted by atomic mass is 32.1. The summed E-state index contributed by atoms with van der Waals surface area (Å²) >= 11 is 5.62. The van der Waals surface area contributed by atoms with Crippen molar-refractivity contribution in [3.05, 3.63) is 28.0 Å². The van der Waals surface area contributed by atoms with Gasteiger partial charge in [0.25, 0.3) is 0 Å². The molecule has 0 bridgehead atoms. The van der Waals surface area contributed by atoms with Crippen molar-refractivity contribution in [2.24, 2.45) is 0 Å². The normalized spacial score (nSPS) is 18.1. The summed E-state index contributed by atoms with van der Waals surface area (Å²) in [6, 6.07) is 4.60. The van der Waals surface area contributed by atoms with E-state index in [4.69, 9.17) is 21.7 Å². The van der Waals surface area contributed by atoms with Gasteiger partial charge in [-0.05, 0) is 65.2 Å². The molecule has 1 aromatic heterocycles. The lowest BCUT2D eigenvalue weighted by molar-refractivity contribution is 0.186. The molecular formula is C18H25N5O2S. The van der Waals surface area contributed by atoms with Crippen molar-refractivity contribution in [3.8, 4) is 11.5 Å². The maximum Gasteiger partial charge on any atom is 0.217 e. The van der Waals surface area contributed by atoms with Gasteiger partial charge >= 0.3 is 0 Å². The Morgan fingerprint density at radius 1 is 1.08 bits per heavy atom. The van der Waals surface area contributed by atoms with E-state index >= 15 is 0 Å². The van der Waals surface area contributed by atoms with Crippen LogP contribution in [0.15, 0.2) is 12.1 Å². The van der Waals surface area contributed by atoms with Crippen molar-refractivity contribution in [2.45, 2.75) is 51.4 Å². The molecule has 7 nitrogen and oxygen atoms in total. The molecule has 0 amide bonds. The zero-order chi connectivity index (χ0) is 18.1. The van der Waals surface area contributed by atoms with Gasteiger partial charge in [-0.2, -0.15) is 0 Å². The van der Waals surface area contributed by atoms with Gasteiger partial charge < -0.3 is 9.47 Å². The molecule has 1 aliphatic carbocycles. The third kappa shape index (κ3) is 3.23. The Labute approximate surface area is 158 Å². The summed E-state index contributed by atoms with van der Waals surface area (Å²) in [5.41, 5.74) is 2.58. The summed E-state index contributed by atoms with van der Waals surface area (Å²) in [6.45, 7) is 2.47. The summed E-state index contributed by atoms with van der Waals surface area (Å²) in [5, 5.41) is 8.63. The van der Waals surface area contributed by atoms with E-state index in [-0.39, 0.29) is 0 Å². The Balaban J connectivity index is 1.50. The predicted molar refractivity (Wildman–Crippen MR) is 100 cm³/mol. The van der Waals surface area contributed by atoms with E-state index in [1.54, 1.807) is 14.2 Å². The smallest absolute Gasteiger partial charge is 0.217 e. The average molecular weight is 375 g/mol. The lowest BCUT2D eigenvalue weighted by atomic mass is 9.99. The fourth-order valence-corrected chi connectivity index (χ4v) is 4.28. The first kappa shape index (κ1) is 17.5. The summed E-state index contributed by atoms with van der Waals surface area (Å²) in [5.74, 6) is 1.57. The van der Waals surface area contributed by atoms with Crippen LogP contribution in [0.1, 0.15) is 42.9 Å². The van der Waals surface area contributed by atoms with Gasteiger partial charge in [0.15, 0.2) is 11.5 Å². The van der Waals surface area contributed by atoms with Crippen molar-refractivity contribution in [1.29, 1.82) is 0 Å². The van der Waals surface area contributed by atoms with Gasteiger partial charge in [0, 0.05) is 13.1 Å². The van der Waals surface area contributed by atoms with Gasteiger partial charge in [-0.3, -0.25) is 4.90 Å². The van der Waals surface area contributed by atoms with Gasteiger partial charge in [-0.25, -0.2) is 9.36 Å². The van der Waals surface area contributed by atoms with Crippen molar-refractivity contribution < 1.29 is 9.47 Å². The third-order valence-corrected chi connectivity index (χ3v) is 5.86. The van der Waals surface area contributed by atoms with Crippen LogP contribution in [0.4, 0.5) is 0 Å². The lowest BCUT2D eigenvalue weighted by Crippen LogP contribution is -2.33. The number of ether oxygens (including phenoxy) is 2. The molecule has 2 aromatic rings. The van der Waals surface area contributed by atoms with E-state index in [1.807, 2.05) is 9.36 Å². The second kappa shape index (κ2) is 7.36. The van der Waals surface area contributed by atoms with Crippen LogP contribution in [-0.2, 0) is 19.6 Å². The molecule has 1 fully saturated rings. The number of fused-ring (bicyclic) bond motifs is 1. The van der Waals surface area contributed by atoms with Crippen LogP contribution >= 0.6 is 12.2 Å². The molecule has 1 aliphatic heterocycles. The fourth-order valence-electron chi connectivity index (χ4n) is 4.00. The van der Waals surface area contributed by atoms with Crippen molar-refractivity contribution in [1.82, 2.24) is 24.7 Å². The second-order valence-electron chi connectivity index (χ2n) is 7.06. The van der Waals surface area contributed by atoms with E-state index in [0.717, 1.165) is 48.6 Å². The molecule has 0 spiro atoms. The molecule has 26 heavy (non-hydrogen) atoms. The maximum atomic E-state index is 5.62. The predicted octanol–water partition coefficient (Wildman–Crippen LogP) is 2.96. The fraction of sp³-hybridized carbons (Fsp3) is 0.611. The van der Waals surface area contributed by atoms with Crippen LogP contribution in [0, 0.1) is 4.77 Å². The number of aromatic nitrogens is 4. The molecule has 0 atom stereocenters. The molecule has 1 saturated carbocycles. The van der Waals surface area contributed by atoms with Gasteiger partial charge in [-0.15, -0.1) is 0 Å². The van der Waals surface area contributed by atoms with Gasteiger partial charge in [0.1, 0.15) is 0 Å². The highest BCUT2D eigenvalue weighted by Gasteiger charge is 2.23. The minimum atomic E-state index is 0.426. The summed E-state index contributed by atoms with van der Waals surface area (Å²) in [4.78, 5) is 2.34. The molecule has 2 heterocycles. The van der Waals surface area contributed by atoms with Gasteiger partial charge in [0.2, 0.25) is 4.77 Å². The number of hydrogen-bond acceptors (Lipinski definition) is 6. The third-order valence-electron chi connectivity index (χ3n) is 5.46. The largest absolute Gasteiger partial charge is 0.493 e. The monoisotopic (exact) mass is 375 g/mol. The van der Waals surface area contributed by atoms with Gasteiger partial charge in [-0.1, -0.05) is 12.8 Å². The van der Waals surface area contributed by atoms with E-state index in [9.17, 15) is 0 Å². The minimum absolute atomic E-state index is 0.426. The first-order valence-electron chi connectivity index (χ1n) is 9.18. The SMILES string of the molecule is COc1cc2c(cc1OC)CN(Cn1nnn(C3CCCC3)c1=S)CC2. The molecular weight excluding hydrogens is 350 g/mol. The van der Waals surface area contributed by atoms with Gasteiger partial charge in [0.05, 0.1) is 26.9 Å². The Kier molecular flexibility index (Phi) is 4.95. The Hall–Kier alpha value is -1.93. The van der Waals surface area contributed by atoms with E-state index < -0.39 is 0 Å². The Bertz CT molecular complexity index is 841. The molecule has 0 N–H and O–H groups in total. The molecule has 140 valence electrons. The average Bonchev–Trinajstić information content (AvgIpc) is 3.31. The Morgan fingerprint density at radius 2 is 1.77 bits per heavy atom. The summed E-state index contributed by atoms with van der Waals surface area (Å²) in [6.07, 6.45) is 5.80. The number of hydrogen-bond donors (Lipinski definition) is 0. The number of tetrazole rings is 1. The topological polar surface area (TPSA) is 57.3 Å². The molecule has 0 unspecified atom stereocenters. The highest BCUT2D eigenvalue weighted by molar-refractivity contribution is 7.71. The van der Waals surface area contributed by atoms with Crippen LogP contribution in [0.2, 0.25) is 0 Å². The molecule has 8 heteroatoms. The van der Waals surface area contributed by atoms with Crippen LogP contribution in [0.25, 0.3) is 0 Å². The molecule has 0 saturated heterocycles. The summed E-state index contributed by atoms with van der Waals surface area (Å²) < 4.78 is 15.4. The van der Waals surface area contributed by atoms with E-state index in [2.05, 4.69) is 27.5 Å². The zero-order valence-electron chi connectivity index (χ0n) is 15.3. The highest BCUT2D eigenvalue weighted by Crippen LogP contribution is 2.33. The Morgan fingerprint density at radius 3 is 2.46 bits per heavy atom. The zero-order valence-corrected chi connectivity index (χ0v) is 16.2. The minimum Gasteiger partial charge on any atom is -0.493 e. The molecule has 4 rings (SSSR count). The van der Waals surface area contributed by atoms with Crippen molar-refractivity contribution in [3.63, 3.8) is 0 Å². The van der Waals surface area contributed by atoms with E-state index in [1.165, 1.54) is 24.0 Å². The molecule has 1 aromatic carbocycles. The first-order valence-corrected chi connectivity index (χ1v) is 9.59. The van der Waals surface area contributed by atoms with Crippen LogP contribution in [-0.4, -0.2) is 45.5 Å². The van der Waals surface area contributed by atoms with Crippen LogP contribution < -0.4 is 9.47 Å². The number of nitrogens with zero attached hydrogens (tertiary/aromatic N) is 5. The quantitative estimate of drug-likeness (QED) is 0.749. The van der Waals surface area contributed by atoms with Crippen LogP contribution in [0.3, 0.4) is 0 Å². The molecule has 0 radical (unpaired) electrons. The number of benzene rings is 1. The van der Waals surface area contributed by atoms with Crippen molar-refractivity contribution >= 4 is 12.2 Å². The van der Waals surface area contributed by atoms with Crippen LogP contribution in [0.5, 0.6) is 11.5 Å². The molecule has 2 aliphatic rings.